The number of hydrogen-bond donors (Lipinski definition) is 0. The smallest absolute Gasteiger partial charge is 0.480 e. The summed E-state index contributed by atoms with van der Waals surface area (Å²) >= 11 is 1.01. The fraction of sp³-hybridized carbons (Fsp3) is 0.294. The number of esters is 2. The molecule has 0 saturated heterocycles. The van der Waals surface area contributed by atoms with Crippen molar-refractivity contribution in [2.75, 3.05) is 20.3 Å². The van der Waals surface area contributed by atoms with Crippen molar-refractivity contribution in [1.29, 1.82) is 0 Å². The highest BCUT2D eigenvalue weighted by molar-refractivity contribution is 7.17. The molecule has 0 N–H and O–H groups in total. The van der Waals surface area contributed by atoms with Gasteiger partial charge in [-0.05, 0) is 42.8 Å². The molecule has 0 saturated carbocycles. The van der Waals surface area contributed by atoms with Crippen LogP contribution in [0.4, 0.5) is 13.2 Å². The number of carbonyl (C=O) groups excluding carboxylic acids is 2. The van der Waals surface area contributed by atoms with E-state index in [1.165, 1.54) is 25.3 Å². The summed E-state index contributed by atoms with van der Waals surface area (Å²) in [5.74, 6) is -1.52. The number of alkyl halides is 3. The van der Waals surface area contributed by atoms with Crippen molar-refractivity contribution in [1.82, 2.24) is 0 Å². The van der Waals surface area contributed by atoms with E-state index in [1.54, 1.807) is 6.92 Å². The largest absolute Gasteiger partial charge is 0.573 e. The van der Waals surface area contributed by atoms with Crippen LogP contribution in [-0.2, 0) is 14.3 Å². The lowest BCUT2D eigenvalue weighted by Crippen LogP contribution is -2.16. The molecule has 0 spiro atoms. The average molecular weight is 404 g/mol. The van der Waals surface area contributed by atoms with E-state index in [-0.39, 0.29) is 23.0 Å². The van der Waals surface area contributed by atoms with E-state index >= 15 is 0 Å². The van der Waals surface area contributed by atoms with Crippen molar-refractivity contribution < 1.29 is 41.7 Å². The molecule has 27 heavy (non-hydrogen) atoms. The van der Waals surface area contributed by atoms with Crippen molar-refractivity contribution in [2.45, 2.75) is 13.3 Å². The van der Waals surface area contributed by atoms with E-state index < -0.39 is 24.9 Å². The molecule has 1 aromatic carbocycles. The van der Waals surface area contributed by atoms with Crippen molar-refractivity contribution in [2.24, 2.45) is 0 Å². The fourth-order valence-corrected chi connectivity index (χ4v) is 3.04. The predicted molar refractivity (Wildman–Crippen MR) is 89.9 cm³/mol. The molecule has 1 heterocycles. The lowest BCUT2D eigenvalue weighted by atomic mass is 10.2. The minimum Gasteiger partial charge on any atom is -0.480 e. The maximum absolute atomic E-state index is 12.2. The van der Waals surface area contributed by atoms with Gasteiger partial charge in [0.1, 0.15) is 11.5 Å². The van der Waals surface area contributed by atoms with Crippen LogP contribution in [0.3, 0.4) is 0 Å². The quantitative estimate of drug-likeness (QED) is 0.649. The second-order valence-corrected chi connectivity index (χ2v) is 6.01. The van der Waals surface area contributed by atoms with Gasteiger partial charge in [-0.3, -0.25) is 0 Å². The zero-order chi connectivity index (χ0) is 20.0. The number of halogens is 3. The second-order valence-electron chi connectivity index (χ2n) is 4.96. The van der Waals surface area contributed by atoms with E-state index in [2.05, 4.69) is 9.47 Å². The zero-order valence-corrected chi connectivity index (χ0v) is 15.1. The Kier molecular flexibility index (Phi) is 6.67. The van der Waals surface area contributed by atoms with Crippen molar-refractivity contribution in [3.05, 3.63) is 35.2 Å². The van der Waals surface area contributed by atoms with Crippen LogP contribution < -0.4 is 9.47 Å². The van der Waals surface area contributed by atoms with Gasteiger partial charge in [0.05, 0.1) is 13.7 Å². The average Bonchev–Trinajstić information content (AvgIpc) is 3.03. The minimum atomic E-state index is -4.78. The second kappa shape index (κ2) is 8.76. The van der Waals surface area contributed by atoms with E-state index in [0.29, 0.717) is 10.4 Å². The fourth-order valence-electron chi connectivity index (χ4n) is 2.02. The third-order valence-corrected chi connectivity index (χ3v) is 4.24. The molecule has 0 fully saturated rings. The number of thiophene rings is 1. The van der Waals surface area contributed by atoms with Gasteiger partial charge in [-0.15, -0.1) is 24.5 Å². The summed E-state index contributed by atoms with van der Waals surface area (Å²) in [5, 5.41) is 0. The summed E-state index contributed by atoms with van der Waals surface area (Å²) < 4.78 is 55.3. The number of carbonyl (C=O) groups is 2. The van der Waals surface area contributed by atoms with Gasteiger partial charge >= 0.3 is 18.3 Å². The number of rotatable bonds is 7. The van der Waals surface area contributed by atoms with Crippen LogP contribution in [0.5, 0.6) is 11.5 Å². The predicted octanol–water partition coefficient (Wildman–Crippen LogP) is 4.04. The summed E-state index contributed by atoms with van der Waals surface area (Å²) in [5.41, 5.74) is 0.533. The highest BCUT2D eigenvalue weighted by atomic mass is 32.1. The molecule has 10 heteroatoms. The maximum atomic E-state index is 12.2. The van der Waals surface area contributed by atoms with Gasteiger partial charge in [0.15, 0.2) is 11.5 Å². The molecule has 146 valence electrons. The van der Waals surface area contributed by atoms with Crippen LogP contribution in [0.2, 0.25) is 0 Å². The minimum absolute atomic E-state index is 0.116. The van der Waals surface area contributed by atoms with Gasteiger partial charge in [-0.1, -0.05) is 0 Å². The van der Waals surface area contributed by atoms with Crippen LogP contribution in [0.15, 0.2) is 30.3 Å². The Morgan fingerprint density at radius 1 is 1.15 bits per heavy atom. The van der Waals surface area contributed by atoms with Crippen molar-refractivity contribution in [3.8, 4) is 21.9 Å². The normalized spacial score (nSPS) is 11.0. The molecule has 0 aliphatic rings. The topological polar surface area (TPSA) is 71.1 Å². The summed E-state index contributed by atoms with van der Waals surface area (Å²) in [6.07, 6.45) is -4.78. The first-order valence-corrected chi connectivity index (χ1v) is 8.42. The molecule has 0 amide bonds. The first-order chi connectivity index (χ1) is 12.7. The van der Waals surface area contributed by atoms with Gasteiger partial charge in [0.2, 0.25) is 0 Å². The molecular weight excluding hydrogens is 389 g/mol. The molecule has 0 bridgehead atoms. The monoisotopic (exact) mass is 404 g/mol. The van der Waals surface area contributed by atoms with E-state index in [4.69, 9.17) is 9.47 Å². The summed E-state index contributed by atoms with van der Waals surface area (Å²) in [6, 6.07) is 6.61. The molecule has 0 radical (unpaired) electrons. The first-order valence-electron chi connectivity index (χ1n) is 7.60. The Morgan fingerprint density at radius 3 is 2.37 bits per heavy atom. The van der Waals surface area contributed by atoms with Crippen molar-refractivity contribution >= 4 is 23.3 Å². The molecule has 2 aromatic rings. The molecule has 2 rings (SSSR count). The summed E-state index contributed by atoms with van der Waals surface area (Å²) in [7, 11) is 1.19. The number of methoxy groups -OCH3 is 1. The molecule has 0 aliphatic carbocycles. The Labute approximate surface area is 156 Å². The Morgan fingerprint density at radius 2 is 1.81 bits per heavy atom. The SMILES string of the molecule is CCOC(=O)COc1cc(-c2ccc(OC(F)(F)F)cc2)sc1C(=O)OC. The standard InChI is InChI=1S/C17H15F3O6S/c1-3-24-14(21)9-25-12-8-13(27-15(12)16(22)23-2)10-4-6-11(7-5-10)26-17(18,19)20/h4-8H,3,9H2,1-2H3. The molecule has 0 atom stereocenters. The third-order valence-electron chi connectivity index (χ3n) is 3.09. The Hall–Kier alpha value is -2.75. The number of benzene rings is 1. The highest BCUT2D eigenvalue weighted by Crippen LogP contribution is 2.37. The Bertz CT molecular complexity index is 798. The van der Waals surface area contributed by atoms with Crippen LogP contribution in [0, 0.1) is 0 Å². The summed E-state index contributed by atoms with van der Waals surface area (Å²) in [6.45, 7) is 1.44. The van der Waals surface area contributed by atoms with Crippen molar-refractivity contribution in [3.63, 3.8) is 0 Å². The van der Waals surface area contributed by atoms with Crippen LogP contribution in [0.25, 0.3) is 10.4 Å². The summed E-state index contributed by atoms with van der Waals surface area (Å²) in [4.78, 5) is 24.0. The number of ether oxygens (including phenoxy) is 4. The lowest BCUT2D eigenvalue weighted by molar-refractivity contribution is -0.274. The number of hydrogen-bond acceptors (Lipinski definition) is 7. The molecular formula is C17H15F3O6S. The van der Waals surface area contributed by atoms with Gasteiger partial charge < -0.3 is 18.9 Å². The molecule has 0 aliphatic heterocycles. The van der Waals surface area contributed by atoms with Crippen LogP contribution in [-0.4, -0.2) is 38.6 Å². The van der Waals surface area contributed by atoms with E-state index in [1.807, 2.05) is 0 Å². The molecule has 1 aromatic heterocycles. The lowest BCUT2D eigenvalue weighted by Gasteiger charge is -2.08. The van der Waals surface area contributed by atoms with E-state index in [0.717, 1.165) is 23.5 Å². The third kappa shape index (κ3) is 5.88. The zero-order valence-electron chi connectivity index (χ0n) is 14.3. The van der Waals surface area contributed by atoms with Gasteiger partial charge in [0.25, 0.3) is 0 Å². The van der Waals surface area contributed by atoms with Gasteiger partial charge in [0, 0.05) is 4.88 Å². The maximum Gasteiger partial charge on any atom is 0.573 e. The Balaban J connectivity index is 2.24. The first kappa shape index (κ1) is 20.6. The highest BCUT2D eigenvalue weighted by Gasteiger charge is 2.31. The van der Waals surface area contributed by atoms with Crippen LogP contribution >= 0.6 is 11.3 Å². The molecule has 6 nitrogen and oxygen atoms in total. The molecule has 0 unspecified atom stereocenters. The van der Waals surface area contributed by atoms with Crippen LogP contribution in [0.1, 0.15) is 16.6 Å². The van der Waals surface area contributed by atoms with Gasteiger partial charge in [-0.25, -0.2) is 9.59 Å². The van der Waals surface area contributed by atoms with Gasteiger partial charge in [-0.2, -0.15) is 0 Å². The van der Waals surface area contributed by atoms with E-state index in [9.17, 15) is 22.8 Å².